The molecule has 3 N–H and O–H groups in total. The average Bonchev–Trinajstić information content (AvgIpc) is 2.29. The molecule has 0 aromatic carbocycles. The fourth-order valence-corrected chi connectivity index (χ4v) is 1.49. The summed E-state index contributed by atoms with van der Waals surface area (Å²) in [5.41, 5.74) is 6.55. The molecule has 1 aromatic heterocycles. The molecular formula is C12H20N4O. The van der Waals surface area contributed by atoms with Crippen LogP contribution in [0.2, 0.25) is 0 Å². The van der Waals surface area contributed by atoms with Crippen molar-refractivity contribution in [2.24, 2.45) is 5.73 Å². The van der Waals surface area contributed by atoms with Crippen LogP contribution in [0.25, 0.3) is 0 Å². The molecule has 1 heterocycles. The molecule has 5 nitrogen and oxygen atoms in total. The van der Waals surface area contributed by atoms with Gasteiger partial charge in [-0.2, -0.15) is 0 Å². The lowest BCUT2D eigenvalue weighted by molar-refractivity contribution is 0.205. The van der Waals surface area contributed by atoms with Crippen molar-refractivity contribution < 1.29 is 4.74 Å². The molecule has 0 unspecified atom stereocenters. The Morgan fingerprint density at radius 2 is 2.29 bits per heavy atom. The Morgan fingerprint density at radius 1 is 1.53 bits per heavy atom. The number of nitrogens with zero attached hydrogens (tertiary/aromatic N) is 2. The molecule has 0 aliphatic heterocycles. The van der Waals surface area contributed by atoms with Crippen molar-refractivity contribution in [2.45, 2.75) is 13.3 Å². The second kappa shape index (κ2) is 6.85. The maximum Gasteiger partial charge on any atom is 0.128 e. The van der Waals surface area contributed by atoms with Crippen LogP contribution in [-0.4, -0.2) is 37.6 Å². The van der Waals surface area contributed by atoms with Crippen LogP contribution in [0.5, 0.6) is 0 Å². The van der Waals surface area contributed by atoms with Crippen LogP contribution in [0.1, 0.15) is 12.0 Å². The Morgan fingerprint density at radius 3 is 2.88 bits per heavy atom. The van der Waals surface area contributed by atoms with E-state index in [0.717, 1.165) is 12.4 Å². The molecule has 94 valence electrons. The van der Waals surface area contributed by atoms with E-state index in [4.69, 9.17) is 15.9 Å². The number of nitrogens with one attached hydrogen (secondary N) is 1. The molecular weight excluding hydrogens is 216 g/mol. The minimum atomic E-state index is 0.195. The highest BCUT2D eigenvalue weighted by Crippen LogP contribution is 2.12. The number of aromatic nitrogens is 1. The maximum absolute atomic E-state index is 7.27. The predicted molar refractivity (Wildman–Crippen MR) is 69.6 cm³/mol. The zero-order valence-corrected chi connectivity index (χ0v) is 10.4. The fourth-order valence-electron chi connectivity index (χ4n) is 1.49. The van der Waals surface area contributed by atoms with Crippen LogP contribution in [0, 0.1) is 12.3 Å². The molecule has 5 heteroatoms. The molecule has 17 heavy (non-hydrogen) atoms. The van der Waals surface area contributed by atoms with Gasteiger partial charge in [0.2, 0.25) is 0 Å². The first-order chi connectivity index (χ1) is 8.13. The topological polar surface area (TPSA) is 75.2 Å². The summed E-state index contributed by atoms with van der Waals surface area (Å²) in [4.78, 5) is 6.41. The monoisotopic (exact) mass is 236 g/mol. The number of anilines is 1. The lowest BCUT2D eigenvalue weighted by atomic mass is 10.2. The first-order valence-corrected chi connectivity index (χ1v) is 5.63. The van der Waals surface area contributed by atoms with Crippen molar-refractivity contribution in [2.75, 3.05) is 31.7 Å². The van der Waals surface area contributed by atoms with E-state index in [9.17, 15) is 0 Å². The third-order valence-corrected chi connectivity index (χ3v) is 2.44. The van der Waals surface area contributed by atoms with Gasteiger partial charge in [-0.25, -0.2) is 4.98 Å². The van der Waals surface area contributed by atoms with Crippen LogP contribution in [0.4, 0.5) is 5.82 Å². The highest BCUT2D eigenvalue weighted by Gasteiger charge is 2.08. The van der Waals surface area contributed by atoms with Gasteiger partial charge in [0, 0.05) is 32.8 Å². The number of amidine groups is 1. The summed E-state index contributed by atoms with van der Waals surface area (Å²) in [6, 6.07) is 3.98. The Hall–Kier alpha value is -1.62. The number of hydrogen-bond acceptors (Lipinski definition) is 4. The molecule has 1 aromatic rings. The predicted octanol–water partition coefficient (Wildman–Crippen LogP) is 1.17. The largest absolute Gasteiger partial charge is 0.388 e. The van der Waals surface area contributed by atoms with Gasteiger partial charge in [0.1, 0.15) is 5.82 Å². The van der Waals surface area contributed by atoms with Crippen molar-refractivity contribution in [3.63, 3.8) is 0 Å². The molecule has 0 fully saturated rings. The van der Waals surface area contributed by atoms with Crippen molar-refractivity contribution in [3.8, 4) is 0 Å². The van der Waals surface area contributed by atoms with Gasteiger partial charge in [0.15, 0.2) is 0 Å². The van der Waals surface area contributed by atoms with Gasteiger partial charge in [-0.3, -0.25) is 5.41 Å². The Balaban J connectivity index is 2.70. The number of pyridine rings is 1. The standard InChI is InChI=1S/C12H20N4O/c1-10-3-5-15-12(9-10)16(7-8-17-2)6-4-11(13)14/h3,5,9H,4,6-8H2,1-2H3,(H3,13,14). The second-order valence-electron chi connectivity index (χ2n) is 3.95. The van der Waals surface area contributed by atoms with Crippen LogP contribution in [-0.2, 0) is 4.74 Å². The van der Waals surface area contributed by atoms with Crippen molar-refractivity contribution in [1.29, 1.82) is 5.41 Å². The van der Waals surface area contributed by atoms with Gasteiger partial charge in [0.25, 0.3) is 0 Å². The SMILES string of the molecule is COCCN(CCC(=N)N)c1cc(C)ccn1. The van der Waals surface area contributed by atoms with E-state index in [-0.39, 0.29) is 5.84 Å². The van der Waals surface area contributed by atoms with E-state index >= 15 is 0 Å². The molecule has 0 radical (unpaired) electrons. The Kier molecular flexibility index (Phi) is 5.42. The summed E-state index contributed by atoms with van der Waals surface area (Å²) in [5, 5.41) is 7.27. The van der Waals surface area contributed by atoms with Gasteiger partial charge in [0.05, 0.1) is 12.4 Å². The second-order valence-corrected chi connectivity index (χ2v) is 3.95. The molecule has 0 atom stereocenters. The smallest absolute Gasteiger partial charge is 0.128 e. The Bertz CT molecular complexity index is 367. The van der Waals surface area contributed by atoms with Gasteiger partial charge >= 0.3 is 0 Å². The number of aryl methyl sites for hydroxylation is 1. The number of nitrogens with two attached hydrogens (primary N) is 1. The average molecular weight is 236 g/mol. The van der Waals surface area contributed by atoms with E-state index < -0.39 is 0 Å². The van der Waals surface area contributed by atoms with Gasteiger partial charge in [-0.15, -0.1) is 0 Å². The molecule has 0 spiro atoms. The summed E-state index contributed by atoms with van der Waals surface area (Å²) in [6.07, 6.45) is 2.33. The zero-order chi connectivity index (χ0) is 12.7. The van der Waals surface area contributed by atoms with Gasteiger partial charge < -0.3 is 15.4 Å². The first-order valence-electron chi connectivity index (χ1n) is 5.63. The summed E-state index contributed by atoms with van der Waals surface area (Å²) in [7, 11) is 1.67. The maximum atomic E-state index is 7.27. The lowest BCUT2D eigenvalue weighted by Crippen LogP contribution is -2.31. The van der Waals surface area contributed by atoms with Crippen LogP contribution >= 0.6 is 0 Å². The van der Waals surface area contributed by atoms with E-state index in [0.29, 0.717) is 19.6 Å². The molecule has 0 saturated carbocycles. The molecule has 0 aliphatic rings. The van der Waals surface area contributed by atoms with E-state index in [1.165, 1.54) is 5.56 Å². The summed E-state index contributed by atoms with van der Waals surface area (Å²) in [6.45, 7) is 4.10. The normalized spacial score (nSPS) is 10.2. The van der Waals surface area contributed by atoms with Crippen molar-refractivity contribution in [1.82, 2.24) is 4.98 Å². The van der Waals surface area contributed by atoms with E-state index in [2.05, 4.69) is 9.88 Å². The summed E-state index contributed by atoms with van der Waals surface area (Å²) in [5.74, 6) is 1.10. The molecule has 0 aliphatic carbocycles. The molecule has 0 amide bonds. The first kappa shape index (κ1) is 13.4. The van der Waals surface area contributed by atoms with Crippen molar-refractivity contribution >= 4 is 11.7 Å². The fraction of sp³-hybridized carbons (Fsp3) is 0.500. The summed E-state index contributed by atoms with van der Waals surface area (Å²) >= 11 is 0. The molecule has 1 rings (SSSR count). The highest BCUT2D eigenvalue weighted by molar-refractivity contribution is 5.77. The number of ether oxygens (including phenoxy) is 1. The van der Waals surface area contributed by atoms with E-state index in [1.54, 1.807) is 13.3 Å². The van der Waals surface area contributed by atoms with Gasteiger partial charge in [-0.05, 0) is 24.6 Å². The van der Waals surface area contributed by atoms with E-state index in [1.807, 2.05) is 19.1 Å². The minimum Gasteiger partial charge on any atom is -0.388 e. The Labute approximate surface area is 102 Å². The van der Waals surface area contributed by atoms with Crippen LogP contribution < -0.4 is 10.6 Å². The number of methoxy groups -OCH3 is 1. The molecule has 0 saturated heterocycles. The third-order valence-electron chi connectivity index (χ3n) is 2.44. The quantitative estimate of drug-likeness (QED) is 0.550. The molecule has 0 bridgehead atoms. The summed E-state index contributed by atoms with van der Waals surface area (Å²) < 4.78 is 5.08. The zero-order valence-electron chi connectivity index (χ0n) is 10.4. The number of hydrogen-bond donors (Lipinski definition) is 2. The third kappa shape index (κ3) is 4.82. The highest BCUT2D eigenvalue weighted by atomic mass is 16.5. The van der Waals surface area contributed by atoms with Crippen LogP contribution in [0.3, 0.4) is 0 Å². The lowest BCUT2D eigenvalue weighted by Gasteiger charge is -2.23. The minimum absolute atomic E-state index is 0.195. The van der Waals surface area contributed by atoms with Crippen LogP contribution in [0.15, 0.2) is 18.3 Å². The number of rotatable bonds is 7. The van der Waals surface area contributed by atoms with Gasteiger partial charge in [-0.1, -0.05) is 0 Å². The van der Waals surface area contributed by atoms with Crippen molar-refractivity contribution in [3.05, 3.63) is 23.9 Å².